The molecule has 17 heavy (non-hydrogen) atoms. The molecule has 0 unspecified atom stereocenters. The summed E-state index contributed by atoms with van der Waals surface area (Å²) < 4.78 is 0. The number of anilines is 1. The van der Waals surface area contributed by atoms with Crippen molar-refractivity contribution in [3.05, 3.63) is 30.3 Å². The predicted octanol–water partition coefficient (Wildman–Crippen LogP) is 2.41. The molecule has 0 aliphatic heterocycles. The standard InChI is InChI=1S/C14H21N3/c1-17(14-8-3-2-4-9-14)13-7-12-16-11-6-5-10-15/h2-4,8-9,16H,5-7,11-13H2,1H3. The molecule has 3 heteroatoms. The van der Waals surface area contributed by atoms with Gasteiger partial charge in [0.05, 0.1) is 6.07 Å². The third kappa shape index (κ3) is 5.94. The molecule has 0 atom stereocenters. The van der Waals surface area contributed by atoms with E-state index in [1.807, 2.05) is 6.07 Å². The molecule has 92 valence electrons. The molecule has 1 aromatic carbocycles. The molecular weight excluding hydrogens is 210 g/mol. The second-order valence-electron chi connectivity index (χ2n) is 4.12. The number of nitrogens with one attached hydrogen (secondary N) is 1. The summed E-state index contributed by atoms with van der Waals surface area (Å²) >= 11 is 0. The fourth-order valence-electron chi connectivity index (χ4n) is 1.67. The van der Waals surface area contributed by atoms with E-state index in [1.165, 1.54) is 5.69 Å². The van der Waals surface area contributed by atoms with Crippen LogP contribution in [0.3, 0.4) is 0 Å². The highest BCUT2D eigenvalue weighted by atomic mass is 15.1. The Kier molecular flexibility index (Phi) is 6.85. The van der Waals surface area contributed by atoms with Gasteiger partial charge >= 0.3 is 0 Å². The van der Waals surface area contributed by atoms with Gasteiger partial charge in [-0.3, -0.25) is 0 Å². The van der Waals surface area contributed by atoms with Gasteiger partial charge < -0.3 is 10.2 Å². The summed E-state index contributed by atoms with van der Waals surface area (Å²) in [5.41, 5.74) is 1.26. The van der Waals surface area contributed by atoms with E-state index < -0.39 is 0 Å². The lowest BCUT2D eigenvalue weighted by molar-refractivity contribution is 0.626. The zero-order chi connectivity index (χ0) is 12.3. The largest absolute Gasteiger partial charge is 0.375 e. The second-order valence-corrected chi connectivity index (χ2v) is 4.12. The number of hydrogen-bond acceptors (Lipinski definition) is 3. The Morgan fingerprint density at radius 3 is 2.59 bits per heavy atom. The summed E-state index contributed by atoms with van der Waals surface area (Å²) in [5, 5.41) is 11.7. The molecule has 3 nitrogen and oxygen atoms in total. The van der Waals surface area contributed by atoms with Gasteiger partial charge in [-0.15, -0.1) is 0 Å². The van der Waals surface area contributed by atoms with Crippen molar-refractivity contribution in [2.75, 3.05) is 31.6 Å². The predicted molar refractivity (Wildman–Crippen MR) is 72.0 cm³/mol. The van der Waals surface area contributed by atoms with E-state index in [0.29, 0.717) is 6.42 Å². The van der Waals surface area contributed by atoms with Gasteiger partial charge in [0, 0.05) is 25.7 Å². The number of nitriles is 1. The fraction of sp³-hybridized carbons (Fsp3) is 0.500. The first-order chi connectivity index (χ1) is 8.34. The minimum atomic E-state index is 0.650. The van der Waals surface area contributed by atoms with Crippen molar-refractivity contribution in [1.82, 2.24) is 5.32 Å². The molecule has 0 amide bonds. The van der Waals surface area contributed by atoms with E-state index in [1.54, 1.807) is 0 Å². The minimum absolute atomic E-state index is 0.650. The van der Waals surface area contributed by atoms with E-state index in [-0.39, 0.29) is 0 Å². The average Bonchev–Trinajstić information content (AvgIpc) is 2.38. The van der Waals surface area contributed by atoms with Crippen molar-refractivity contribution >= 4 is 5.69 Å². The van der Waals surface area contributed by atoms with E-state index in [2.05, 4.69) is 47.6 Å². The van der Waals surface area contributed by atoms with Crippen molar-refractivity contribution in [3.63, 3.8) is 0 Å². The Hall–Kier alpha value is -1.53. The minimum Gasteiger partial charge on any atom is -0.375 e. The molecule has 0 saturated carbocycles. The van der Waals surface area contributed by atoms with Crippen LogP contribution in [-0.4, -0.2) is 26.7 Å². The summed E-state index contributed by atoms with van der Waals surface area (Å²) in [6.45, 7) is 3.01. The van der Waals surface area contributed by atoms with Crippen LogP contribution in [0, 0.1) is 11.3 Å². The lowest BCUT2D eigenvalue weighted by Crippen LogP contribution is -2.24. The SMILES string of the molecule is CN(CCCNCCCC#N)c1ccccc1. The third-order valence-electron chi connectivity index (χ3n) is 2.69. The maximum atomic E-state index is 8.38. The van der Waals surface area contributed by atoms with Gasteiger partial charge in [-0.2, -0.15) is 5.26 Å². The van der Waals surface area contributed by atoms with Crippen molar-refractivity contribution in [3.8, 4) is 6.07 Å². The number of benzene rings is 1. The highest BCUT2D eigenvalue weighted by Crippen LogP contribution is 2.10. The van der Waals surface area contributed by atoms with Crippen molar-refractivity contribution in [1.29, 1.82) is 5.26 Å². The lowest BCUT2D eigenvalue weighted by Gasteiger charge is -2.19. The van der Waals surface area contributed by atoms with Crippen molar-refractivity contribution in [2.24, 2.45) is 0 Å². The Morgan fingerprint density at radius 1 is 1.18 bits per heavy atom. The summed E-state index contributed by atoms with van der Waals surface area (Å²) in [7, 11) is 2.12. The molecule has 0 radical (unpaired) electrons. The van der Waals surface area contributed by atoms with Crippen LogP contribution < -0.4 is 10.2 Å². The molecule has 0 aromatic heterocycles. The van der Waals surface area contributed by atoms with E-state index in [4.69, 9.17) is 5.26 Å². The molecule has 0 heterocycles. The average molecular weight is 231 g/mol. The zero-order valence-corrected chi connectivity index (χ0v) is 10.5. The molecule has 0 aliphatic rings. The molecule has 0 bridgehead atoms. The molecule has 1 rings (SSSR count). The van der Waals surface area contributed by atoms with Crippen LogP contribution in [0.1, 0.15) is 19.3 Å². The van der Waals surface area contributed by atoms with Gasteiger partial charge in [0.15, 0.2) is 0 Å². The topological polar surface area (TPSA) is 39.1 Å². The zero-order valence-electron chi connectivity index (χ0n) is 10.5. The molecule has 0 fully saturated rings. The van der Waals surface area contributed by atoms with Crippen LogP contribution in [0.4, 0.5) is 5.69 Å². The quantitative estimate of drug-likeness (QED) is 0.698. The first-order valence-electron chi connectivity index (χ1n) is 6.18. The Balaban J connectivity index is 2.05. The molecular formula is C14H21N3. The monoisotopic (exact) mass is 231 g/mol. The number of hydrogen-bond donors (Lipinski definition) is 1. The molecule has 1 aromatic rings. The lowest BCUT2D eigenvalue weighted by atomic mass is 10.3. The van der Waals surface area contributed by atoms with E-state index in [0.717, 1.165) is 32.5 Å². The van der Waals surface area contributed by atoms with Gasteiger partial charge in [0.25, 0.3) is 0 Å². The number of para-hydroxylation sites is 1. The van der Waals surface area contributed by atoms with Crippen LogP contribution >= 0.6 is 0 Å². The maximum Gasteiger partial charge on any atom is 0.0622 e. The van der Waals surface area contributed by atoms with Gasteiger partial charge in [0.2, 0.25) is 0 Å². The van der Waals surface area contributed by atoms with Crippen LogP contribution in [0.25, 0.3) is 0 Å². The fourth-order valence-corrected chi connectivity index (χ4v) is 1.67. The maximum absolute atomic E-state index is 8.38. The highest BCUT2D eigenvalue weighted by Gasteiger charge is 1.98. The molecule has 0 saturated heterocycles. The van der Waals surface area contributed by atoms with Crippen LogP contribution in [0.2, 0.25) is 0 Å². The van der Waals surface area contributed by atoms with E-state index >= 15 is 0 Å². The van der Waals surface area contributed by atoms with Gasteiger partial charge in [0.1, 0.15) is 0 Å². The first-order valence-corrected chi connectivity index (χ1v) is 6.18. The Bertz CT molecular complexity index is 329. The van der Waals surface area contributed by atoms with Crippen molar-refractivity contribution < 1.29 is 0 Å². The summed E-state index contributed by atoms with van der Waals surface area (Å²) in [6.07, 6.45) is 2.72. The van der Waals surface area contributed by atoms with E-state index in [9.17, 15) is 0 Å². The molecule has 0 aliphatic carbocycles. The van der Waals surface area contributed by atoms with Gasteiger partial charge in [-0.25, -0.2) is 0 Å². The van der Waals surface area contributed by atoms with Gasteiger partial charge in [-0.1, -0.05) is 18.2 Å². The Morgan fingerprint density at radius 2 is 1.88 bits per heavy atom. The normalized spacial score (nSPS) is 9.88. The number of unbranched alkanes of at least 4 members (excludes halogenated alkanes) is 1. The summed E-state index contributed by atoms with van der Waals surface area (Å²) in [6, 6.07) is 12.6. The summed E-state index contributed by atoms with van der Waals surface area (Å²) in [4.78, 5) is 2.26. The third-order valence-corrected chi connectivity index (χ3v) is 2.69. The smallest absolute Gasteiger partial charge is 0.0622 e. The second kappa shape index (κ2) is 8.60. The Labute approximate surface area is 104 Å². The van der Waals surface area contributed by atoms with Crippen LogP contribution in [-0.2, 0) is 0 Å². The number of rotatable bonds is 8. The molecule has 1 N–H and O–H groups in total. The molecule has 0 spiro atoms. The van der Waals surface area contributed by atoms with Gasteiger partial charge in [-0.05, 0) is 38.1 Å². The number of nitrogens with zero attached hydrogens (tertiary/aromatic N) is 2. The van der Waals surface area contributed by atoms with Crippen molar-refractivity contribution in [2.45, 2.75) is 19.3 Å². The van der Waals surface area contributed by atoms with Crippen LogP contribution in [0.5, 0.6) is 0 Å². The van der Waals surface area contributed by atoms with Crippen LogP contribution in [0.15, 0.2) is 30.3 Å². The summed E-state index contributed by atoms with van der Waals surface area (Å²) in [5.74, 6) is 0. The highest BCUT2D eigenvalue weighted by molar-refractivity contribution is 5.44. The first kappa shape index (κ1) is 13.5.